The molecule has 0 bridgehead atoms. The zero-order valence-electron chi connectivity index (χ0n) is 9.37. The molecule has 1 aliphatic carbocycles. The highest BCUT2D eigenvalue weighted by atomic mass is 79.9. The highest BCUT2D eigenvalue weighted by Gasteiger charge is 2.59. The summed E-state index contributed by atoms with van der Waals surface area (Å²) in [4.78, 5) is 4.06. The standard InChI is InChI=1S/C12H11BrF2N2O/c13-6-1-2-9(15)7(3-6)12(5-14)8-4-10(8)18-11(16)17-12/h1-3,8,10H,4-5H2,(H2,16,17)/t8-,10?,12+/m0/s1. The van der Waals surface area contributed by atoms with Crippen LogP contribution in [-0.4, -0.2) is 18.8 Å². The highest BCUT2D eigenvalue weighted by Crippen LogP contribution is 2.53. The van der Waals surface area contributed by atoms with Crippen molar-refractivity contribution in [2.75, 3.05) is 6.67 Å². The molecule has 0 amide bonds. The van der Waals surface area contributed by atoms with Crippen LogP contribution in [0.4, 0.5) is 8.78 Å². The Morgan fingerprint density at radius 1 is 1.56 bits per heavy atom. The molecule has 1 fully saturated rings. The van der Waals surface area contributed by atoms with Crippen LogP contribution in [0.15, 0.2) is 27.7 Å². The third-order valence-electron chi connectivity index (χ3n) is 3.53. The number of alkyl halides is 1. The van der Waals surface area contributed by atoms with Gasteiger partial charge in [0.1, 0.15) is 24.1 Å². The summed E-state index contributed by atoms with van der Waals surface area (Å²) in [6.45, 7) is -0.786. The van der Waals surface area contributed by atoms with E-state index in [1.807, 2.05) is 0 Å². The van der Waals surface area contributed by atoms with Gasteiger partial charge in [-0.3, -0.25) is 0 Å². The molecule has 1 aromatic carbocycles. The smallest absolute Gasteiger partial charge is 0.283 e. The monoisotopic (exact) mass is 316 g/mol. The van der Waals surface area contributed by atoms with Gasteiger partial charge in [0.05, 0.1) is 0 Å². The number of nitrogens with zero attached hydrogens (tertiary/aromatic N) is 1. The Kier molecular flexibility index (Phi) is 2.59. The van der Waals surface area contributed by atoms with Gasteiger partial charge in [0, 0.05) is 16.0 Å². The van der Waals surface area contributed by atoms with Crippen LogP contribution in [0.3, 0.4) is 0 Å². The van der Waals surface area contributed by atoms with E-state index >= 15 is 0 Å². The van der Waals surface area contributed by atoms with E-state index in [4.69, 9.17) is 10.5 Å². The summed E-state index contributed by atoms with van der Waals surface area (Å²) in [5.74, 6) is -0.612. The molecule has 18 heavy (non-hydrogen) atoms. The maximum Gasteiger partial charge on any atom is 0.283 e. The Morgan fingerprint density at radius 3 is 3.06 bits per heavy atom. The molecule has 3 nitrogen and oxygen atoms in total. The minimum atomic E-state index is -1.24. The quantitative estimate of drug-likeness (QED) is 0.911. The van der Waals surface area contributed by atoms with Crippen LogP contribution in [0.25, 0.3) is 0 Å². The van der Waals surface area contributed by atoms with E-state index in [0.717, 1.165) is 0 Å². The van der Waals surface area contributed by atoms with E-state index in [2.05, 4.69) is 20.9 Å². The number of hydrogen-bond donors (Lipinski definition) is 1. The third kappa shape index (κ3) is 1.62. The predicted molar refractivity (Wildman–Crippen MR) is 66.4 cm³/mol. The van der Waals surface area contributed by atoms with E-state index in [1.165, 1.54) is 6.07 Å². The van der Waals surface area contributed by atoms with Gasteiger partial charge in [-0.1, -0.05) is 15.9 Å². The van der Waals surface area contributed by atoms with Crippen LogP contribution in [-0.2, 0) is 10.3 Å². The summed E-state index contributed by atoms with van der Waals surface area (Å²) in [6.07, 6.45) is 0.511. The number of benzene rings is 1. The fourth-order valence-corrected chi connectivity index (χ4v) is 2.92. The summed E-state index contributed by atoms with van der Waals surface area (Å²) >= 11 is 3.26. The first-order valence-corrected chi connectivity index (χ1v) is 6.39. The van der Waals surface area contributed by atoms with E-state index in [0.29, 0.717) is 10.9 Å². The Balaban J connectivity index is 2.16. The van der Waals surface area contributed by atoms with Gasteiger partial charge in [-0.25, -0.2) is 13.8 Å². The lowest BCUT2D eigenvalue weighted by Crippen LogP contribution is -2.39. The number of fused-ring (bicyclic) bond motifs is 1. The average molecular weight is 317 g/mol. The number of hydrogen-bond acceptors (Lipinski definition) is 3. The van der Waals surface area contributed by atoms with Gasteiger partial charge < -0.3 is 10.5 Å². The Morgan fingerprint density at radius 2 is 2.33 bits per heavy atom. The fraction of sp³-hybridized carbons (Fsp3) is 0.417. The van der Waals surface area contributed by atoms with Gasteiger partial charge in [0.15, 0.2) is 0 Å². The molecule has 3 rings (SSSR count). The van der Waals surface area contributed by atoms with Gasteiger partial charge in [-0.15, -0.1) is 0 Å². The van der Waals surface area contributed by atoms with Crippen LogP contribution >= 0.6 is 15.9 Å². The molecule has 0 saturated heterocycles. The lowest BCUT2D eigenvalue weighted by atomic mass is 9.86. The maximum atomic E-state index is 14.0. The number of nitrogens with two attached hydrogens (primary N) is 1. The minimum Gasteiger partial charge on any atom is -0.462 e. The van der Waals surface area contributed by atoms with Crippen molar-refractivity contribution in [3.05, 3.63) is 34.1 Å². The van der Waals surface area contributed by atoms with Crippen molar-refractivity contribution in [1.29, 1.82) is 0 Å². The van der Waals surface area contributed by atoms with Crippen LogP contribution in [0, 0.1) is 11.7 Å². The van der Waals surface area contributed by atoms with Crippen LogP contribution in [0.2, 0.25) is 0 Å². The number of aliphatic imine (C=N–C) groups is 1. The molecule has 2 N–H and O–H groups in total. The second-order valence-electron chi connectivity index (χ2n) is 4.63. The molecule has 1 aromatic rings. The maximum absolute atomic E-state index is 14.0. The van der Waals surface area contributed by atoms with E-state index in [-0.39, 0.29) is 23.6 Å². The molecule has 1 heterocycles. The molecular formula is C12H11BrF2N2O. The van der Waals surface area contributed by atoms with Gasteiger partial charge >= 0.3 is 0 Å². The first-order chi connectivity index (χ1) is 8.56. The van der Waals surface area contributed by atoms with Crippen molar-refractivity contribution in [2.24, 2.45) is 16.6 Å². The van der Waals surface area contributed by atoms with Crippen LogP contribution in [0.1, 0.15) is 12.0 Å². The minimum absolute atomic E-state index is 0.0641. The summed E-state index contributed by atoms with van der Waals surface area (Å²) in [5.41, 5.74) is 4.55. The normalized spacial score (nSPS) is 33.4. The summed E-state index contributed by atoms with van der Waals surface area (Å²) in [5, 5.41) is 0. The molecule has 2 aliphatic rings. The van der Waals surface area contributed by atoms with Crippen molar-refractivity contribution in [3.63, 3.8) is 0 Å². The molecular weight excluding hydrogens is 306 g/mol. The molecule has 1 aliphatic heterocycles. The SMILES string of the molecule is NC1=N[C@](CF)(c2cc(Br)ccc2F)[C@H]2CC2O1. The van der Waals surface area contributed by atoms with Crippen molar-refractivity contribution in [3.8, 4) is 0 Å². The molecule has 96 valence electrons. The fourth-order valence-electron chi connectivity index (χ4n) is 2.56. The van der Waals surface area contributed by atoms with E-state index < -0.39 is 18.0 Å². The van der Waals surface area contributed by atoms with Gasteiger partial charge in [-0.05, 0) is 24.6 Å². The second kappa shape index (κ2) is 3.91. The number of rotatable bonds is 2. The molecule has 3 atom stereocenters. The van der Waals surface area contributed by atoms with Gasteiger partial charge in [-0.2, -0.15) is 0 Å². The van der Waals surface area contributed by atoms with E-state index in [9.17, 15) is 8.78 Å². The lowest BCUT2D eigenvalue weighted by Gasteiger charge is -2.31. The van der Waals surface area contributed by atoms with E-state index in [1.54, 1.807) is 12.1 Å². The first kappa shape index (κ1) is 11.9. The lowest BCUT2D eigenvalue weighted by molar-refractivity contribution is 0.168. The van der Waals surface area contributed by atoms with Crippen LogP contribution < -0.4 is 5.73 Å². The molecule has 0 aromatic heterocycles. The third-order valence-corrected chi connectivity index (χ3v) is 4.02. The summed E-state index contributed by atoms with van der Waals surface area (Å²) in [6, 6.07) is 4.37. The first-order valence-electron chi connectivity index (χ1n) is 5.60. The van der Waals surface area contributed by atoms with Gasteiger partial charge in [0.25, 0.3) is 6.02 Å². The molecule has 0 radical (unpaired) electrons. The van der Waals surface area contributed by atoms with Crippen molar-refractivity contribution < 1.29 is 13.5 Å². The summed E-state index contributed by atoms with van der Waals surface area (Å²) in [7, 11) is 0. The molecule has 1 saturated carbocycles. The summed E-state index contributed by atoms with van der Waals surface area (Å²) < 4.78 is 33.5. The molecule has 0 spiro atoms. The van der Waals surface area contributed by atoms with Crippen LogP contribution in [0.5, 0.6) is 0 Å². The highest BCUT2D eigenvalue weighted by molar-refractivity contribution is 9.10. The Hall–Kier alpha value is -1.17. The Bertz CT molecular complexity index is 537. The Labute approximate surface area is 111 Å². The van der Waals surface area contributed by atoms with Gasteiger partial charge in [0.2, 0.25) is 0 Å². The zero-order valence-corrected chi connectivity index (χ0v) is 11.0. The second-order valence-corrected chi connectivity index (χ2v) is 5.55. The predicted octanol–water partition coefficient (Wildman–Crippen LogP) is 2.49. The molecule has 1 unspecified atom stereocenters. The van der Waals surface area contributed by atoms with Crippen molar-refractivity contribution in [1.82, 2.24) is 0 Å². The van der Waals surface area contributed by atoms with Crippen molar-refractivity contribution >= 4 is 22.0 Å². The number of ether oxygens (including phenoxy) is 1. The largest absolute Gasteiger partial charge is 0.462 e. The molecule has 6 heteroatoms. The van der Waals surface area contributed by atoms with Crippen molar-refractivity contribution in [2.45, 2.75) is 18.1 Å². The number of amidine groups is 1. The zero-order chi connectivity index (χ0) is 12.9. The average Bonchev–Trinajstić information content (AvgIpc) is 3.10. The topological polar surface area (TPSA) is 47.6 Å². The number of halogens is 3.